The Labute approximate surface area is 147 Å². The lowest BCUT2D eigenvalue weighted by Crippen LogP contribution is -2.45. The number of aryl methyl sites for hydroxylation is 1. The van der Waals surface area contributed by atoms with Crippen molar-refractivity contribution in [3.63, 3.8) is 0 Å². The van der Waals surface area contributed by atoms with Crippen LogP contribution in [0.15, 0.2) is 24.3 Å². The lowest BCUT2D eigenvalue weighted by Gasteiger charge is -2.28. The third-order valence-electron chi connectivity index (χ3n) is 4.33. The van der Waals surface area contributed by atoms with Crippen molar-refractivity contribution >= 4 is 28.4 Å². The van der Waals surface area contributed by atoms with Gasteiger partial charge >= 0.3 is 0 Å². The number of hydrogen-bond donors (Lipinski definition) is 0. The molecule has 0 aliphatic carbocycles. The second kappa shape index (κ2) is 7.47. The van der Waals surface area contributed by atoms with Crippen LogP contribution in [0.1, 0.15) is 11.3 Å². The molecule has 0 spiro atoms. The zero-order valence-corrected chi connectivity index (χ0v) is 14.8. The molecule has 0 radical (unpaired) electrons. The topological polar surface area (TPSA) is 45.7 Å². The quantitative estimate of drug-likeness (QED) is 0.852. The van der Waals surface area contributed by atoms with E-state index in [0.717, 1.165) is 22.2 Å². The standard InChI is InChI=1S/C18H22ClN3O2/c1-13-14-5-3-4-6-15(14)20-16(18(13)19)11-21(2)12-17(23)22-7-9-24-10-8-22/h3-6H,7-12H2,1-2H3. The summed E-state index contributed by atoms with van der Waals surface area (Å²) < 4.78 is 5.29. The average molecular weight is 348 g/mol. The maximum absolute atomic E-state index is 12.3. The number of carbonyl (C=O) groups excluding carboxylic acids is 1. The zero-order chi connectivity index (χ0) is 17.1. The average Bonchev–Trinajstić information content (AvgIpc) is 2.60. The molecule has 0 N–H and O–H groups in total. The van der Waals surface area contributed by atoms with Gasteiger partial charge in [-0.1, -0.05) is 29.8 Å². The Hall–Kier alpha value is -1.69. The van der Waals surface area contributed by atoms with E-state index in [1.807, 2.05) is 48.0 Å². The van der Waals surface area contributed by atoms with Gasteiger partial charge in [0.05, 0.1) is 36.0 Å². The van der Waals surface area contributed by atoms with Gasteiger partial charge in [0, 0.05) is 25.0 Å². The van der Waals surface area contributed by atoms with E-state index in [-0.39, 0.29) is 5.91 Å². The molecule has 2 aromatic rings. The van der Waals surface area contributed by atoms with E-state index >= 15 is 0 Å². The van der Waals surface area contributed by atoms with Gasteiger partial charge in [0.1, 0.15) is 0 Å². The summed E-state index contributed by atoms with van der Waals surface area (Å²) in [6.45, 7) is 5.47. The second-order valence-electron chi connectivity index (χ2n) is 6.18. The van der Waals surface area contributed by atoms with Crippen LogP contribution in [0, 0.1) is 6.92 Å². The molecule has 1 aromatic heterocycles. The second-order valence-corrected chi connectivity index (χ2v) is 6.56. The predicted molar refractivity (Wildman–Crippen MR) is 95.2 cm³/mol. The molecule has 1 saturated heterocycles. The van der Waals surface area contributed by atoms with E-state index < -0.39 is 0 Å². The molecule has 1 aromatic carbocycles. The van der Waals surface area contributed by atoms with Crippen molar-refractivity contribution in [3.8, 4) is 0 Å². The summed E-state index contributed by atoms with van der Waals surface area (Å²) in [7, 11) is 1.92. The molecule has 2 heterocycles. The molecule has 0 saturated carbocycles. The number of ether oxygens (including phenoxy) is 1. The predicted octanol–water partition coefficient (Wildman–Crippen LogP) is 2.49. The van der Waals surface area contributed by atoms with Crippen LogP contribution in [0.25, 0.3) is 10.9 Å². The number of para-hydroxylation sites is 1. The number of halogens is 1. The molecule has 0 unspecified atom stereocenters. The summed E-state index contributed by atoms with van der Waals surface area (Å²) in [4.78, 5) is 20.8. The van der Waals surface area contributed by atoms with Crippen molar-refractivity contribution in [2.45, 2.75) is 13.5 Å². The Morgan fingerprint density at radius 3 is 2.79 bits per heavy atom. The number of rotatable bonds is 4. The van der Waals surface area contributed by atoms with Crippen LogP contribution >= 0.6 is 11.6 Å². The van der Waals surface area contributed by atoms with Crippen LogP contribution < -0.4 is 0 Å². The van der Waals surface area contributed by atoms with E-state index in [1.165, 1.54) is 0 Å². The lowest BCUT2D eigenvalue weighted by molar-refractivity contribution is -0.136. The molecule has 0 atom stereocenters. The van der Waals surface area contributed by atoms with Gasteiger partial charge in [-0.05, 0) is 25.6 Å². The SMILES string of the molecule is Cc1c(Cl)c(CN(C)CC(=O)N2CCOCC2)nc2ccccc12. The third kappa shape index (κ3) is 3.69. The molecule has 5 nitrogen and oxygen atoms in total. The summed E-state index contributed by atoms with van der Waals surface area (Å²) in [6, 6.07) is 7.97. The molecular formula is C18H22ClN3O2. The van der Waals surface area contributed by atoms with Gasteiger partial charge in [-0.25, -0.2) is 4.98 Å². The highest BCUT2D eigenvalue weighted by atomic mass is 35.5. The van der Waals surface area contributed by atoms with Gasteiger partial charge in [0.2, 0.25) is 5.91 Å². The maximum atomic E-state index is 12.3. The highest BCUT2D eigenvalue weighted by molar-refractivity contribution is 6.32. The third-order valence-corrected chi connectivity index (χ3v) is 4.84. The fourth-order valence-electron chi connectivity index (χ4n) is 2.98. The van der Waals surface area contributed by atoms with Gasteiger partial charge in [-0.2, -0.15) is 0 Å². The van der Waals surface area contributed by atoms with Crippen molar-refractivity contribution in [2.24, 2.45) is 0 Å². The van der Waals surface area contributed by atoms with Gasteiger partial charge < -0.3 is 9.64 Å². The smallest absolute Gasteiger partial charge is 0.236 e. The van der Waals surface area contributed by atoms with Gasteiger partial charge in [-0.3, -0.25) is 9.69 Å². The van der Waals surface area contributed by atoms with Crippen LogP contribution in [0.3, 0.4) is 0 Å². The van der Waals surface area contributed by atoms with Crippen LogP contribution in [-0.4, -0.2) is 60.6 Å². The van der Waals surface area contributed by atoms with E-state index in [2.05, 4.69) is 4.98 Å². The summed E-state index contributed by atoms with van der Waals surface area (Å²) >= 11 is 6.50. The van der Waals surface area contributed by atoms with Gasteiger partial charge in [0.25, 0.3) is 0 Å². The number of benzene rings is 1. The molecule has 3 rings (SSSR count). The molecule has 0 bridgehead atoms. The van der Waals surface area contributed by atoms with Crippen molar-refractivity contribution in [1.29, 1.82) is 0 Å². The number of morpholine rings is 1. The van der Waals surface area contributed by atoms with E-state index in [0.29, 0.717) is 44.4 Å². The fourth-order valence-corrected chi connectivity index (χ4v) is 3.18. The van der Waals surface area contributed by atoms with E-state index in [1.54, 1.807) is 0 Å². The minimum absolute atomic E-state index is 0.120. The normalized spacial score (nSPS) is 15.2. The minimum Gasteiger partial charge on any atom is -0.378 e. The number of fused-ring (bicyclic) bond motifs is 1. The van der Waals surface area contributed by atoms with Crippen molar-refractivity contribution in [1.82, 2.24) is 14.8 Å². The molecular weight excluding hydrogens is 326 g/mol. The Morgan fingerprint density at radius 1 is 1.33 bits per heavy atom. The lowest BCUT2D eigenvalue weighted by atomic mass is 10.1. The first-order valence-corrected chi connectivity index (χ1v) is 8.52. The van der Waals surface area contributed by atoms with Crippen LogP contribution in [0.5, 0.6) is 0 Å². The minimum atomic E-state index is 0.120. The van der Waals surface area contributed by atoms with E-state index in [4.69, 9.17) is 16.3 Å². The molecule has 128 valence electrons. The Balaban J connectivity index is 1.72. The summed E-state index contributed by atoms with van der Waals surface area (Å²) in [5.74, 6) is 0.120. The fraction of sp³-hybridized carbons (Fsp3) is 0.444. The number of aromatic nitrogens is 1. The molecule has 1 amide bonds. The largest absolute Gasteiger partial charge is 0.378 e. The van der Waals surface area contributed by atoms with Crippen molar-refractivity contribution in [3.05, 3.63) is 40.5 Å². The number of likely N-dealkylation sites (N-methyl/N-ethyl adjacent to an activating group) is 1. The number of carbonyl (C=O) groups is 1. The Bertz CT molecular complexity index is 744. The van der Waals surface area contributed by atoms with Crippen molar-refractivity contribution in [2.75, 3.05) is 39.9 Å². The van der Waals surface area contributed by atoms with Crippen LogP contribution in [-0.2, 0) is 16.1 Å². The first-order chi connectivity index (χ1) is 11.6. The number of pyridine rings is 1. The monoisotopic (exact) mass is 347 g/mol. The zero-order valence-electron chi connectivity index (χ0n) is 14.1. The van der Waals surface area contributed by atoms with Crippen LogP contribution in [0.4, 0.5) is 0 Å². The number of amides is 1. The first kappa shape index (κ1) is 17.1. The highest BCUT2D eigenvalue weighted by Crippen LogP contribution is 2.27. The molecule has 24 heavy (non-hydrogen) atoms. The number of hydrogen-bond acceptors (Lipinski definition) is 4. The summed E-state index contributed by atoms with van der Waals surface area (Å²) in [5.41, 5.74) is 2.78. The molecule has 1 aliphatic rings. The summed E-state index contributed by atoms with van der Waals surface area (Å²) in [5, 5.41) is 1.75. The Kier molecular flexibility index (Phi) is 5.33. The summed E-state index contributed by atoms with van der Waals surface area (Å²) in [6.07, 6.45) is 0. The van der Waals surface area contributed by atoms with Gasteiger partial charge in [-0.15, -0.1) is 0 Å². The van der Waals surface area contributed by atoms with Gasteiger partial charge in [0.15, 0.2) is 0 Å². The maximum Gasteiger partial charge on any atom is 0.236 e. The first-order valence-electron chi connectivity index (χ1n) is 8.14. The molecule has 1 fully saturated rings. The highest BCUT2D eigenvalue weighted by Gasteiger charge is 2.19. The van der Waals surface area contributed by atoms with E-state index in [9.17, 15) is 4.79 Å². The Morgan fingerprint density at radius 2 is 2.04 bits per heavy atom. The van der Waals surface area contributed by atoms with Crippen molar-refractivity contribution < 1.29 is 9.53 Å². The molecule has 6 heteroatoms. The number of nitrogens with zero attached hydrogens (tertiary/aromatic N) is 3. The van der Waals surface area contributed by atoms with Crippen LogP contribution in [0.2, 0.25) is 5.02 Å². The molecule has 1 aliphatic heterocycles.